The summed E-state index contributed by atoms with van der Waals surface area (Å²) in [7, 11) is 0. The van der Waals surface area contributed by atoms with Gasteiger partial charge in [0, 0.05) is 6.20 Å². The Morgan fingerprint density at radius 2 is 1.76 bits per heavy atom. The lowest BCUT2D eigenvalue weighted by Gasteiger charge is -2.06. The molecule has 0 aliphatic carbocycles. The topological polar surface area (TPSA) is 125 Å². The van der Waals surface area contributed by atoms with Crippen LogP contribution in [-0.2, 0) is 0 Å². The van der Waals surface area contributed by atoms with E-state index in [1.165, 1.54) is 18.2 Å². The van der Waals surface area contributed by atoms with Gasteiger partial charge in [-0.25, -0.2) is 4.79 Å². The molecule has 1 aliphatic heterocycles. The van der Waals surface area contributed by atoms with E-state index in [9.17, 15) is 19.2 Å². The molecule has 1 aromatic carbocycles. The molecule has 1 aromatic heterocycles. The smallest absolute Gasteiger partial charge is 0.288 e. The van der Waals surface area contributed by atoms with Gasteiger partial charge in [0.15, 0.2) is 0 Å². The quantitative estimate of drug-likeness (QED) is 0.668. The lowest BCUT2D eigenvalue weighted by atomic mass is 10.1. The lowest BCUT2D eigenvalue weighted by Crippen LogP contribution is -2.30. The Kier molecular flexibility index (Phi) is 2.56. The van der Waals surface area contributed by atoms with Crippen LogP contribution < -0.4 is 16.6 Å². The minimum atomic E-state index is -0.784. The average molecular weight is 282 g/mol. The number of fused-ring (bicyclic) bond motifs is 1. The number of amides is 2. The van der Waals surface area contributed by atoms with E-state index in [4.69, 9.17) is 5.26 Å². The number of carbonyl (C=O) groups excluding carboxylic acids is 2. The van der Waals surface area contributed by atoms with Crippen molar-refractivity contribution in [3.05, 3.63) is 61.9 Å². The first-order valence-electron chi connectivity index (χ1n) is 5.77. The SMILES string of the molecule is N#Cc1cn(-c2ccc3c(c2)C(=O)NC3=O)c(=O)[nH]c1=O. The number of carbonyl (C=O) groups is 2. The van der Waals surface area contributed by atoms with Gasteiger partial charge in [-0.3, -0.25) is 29.3 Å². The van der Waals surface area contributed by atoms with Gasteiger partial charge in [0.05, 0.1) is 16.8 Å². The molecule has 0 radical (unpaired) electrons. The van der Waals surface area contributed by atoms with Gasteiger partial charge < -0.3 is 0 Å². The van der Waals surface area contributed by atoms with Crippen LogP contribution in [0.5, 0.6) is 0 Å². The Morgan fingerprint density at radius 1 is 1.05 bits per heavy atom. The first-order chi connectivity index (χ1) is 10.0. The number of nitriles is 1. The van der Waals surface area contributed by atoms with E-state index in [0.29, 0.717) is 0 Å². The van der Waals surface area contributed by atoms with Crippen LogP contribution in [0.4, 0.5) is 0 Å². The number of hydrogen-bond acceptors (Lipinski definition) is 5. The number of imide groups is 1. The predicted molar refractivity (Wildman–Crippen MR) is 69.2 cm³/mol. The van der Waals surface area contributed by atoms with Gasteiger partial charge in [-0.05, 0) is 18.2 Å². The molecule has 102 valence electrons. The summed E-state index contributed by atoms with van der Waals surface area (Å²) in [6.45, 7) is 0. The van der Waals surface area contributed by atoms with Crippen molar-refractivity contribution in [2.75, 3.05) is 0 Å². The molecule has 2 aromatic rings. The molecule has 1 aliphatic rings. The summed E-state index contributed by atoms with van der Waals surface area (Å²) in [5, 5.41) is 10.9. The normalized spacial score (nSPS) is 12.7. The summed E-state index contributed by atoms with van der Waals surface area (Å²) < 4.78 is 1.02. The predicted octanol–water partition coefficient (Wildman–Crippen LogP) is -0.719. The second kappa shape index (κ2) is 4.28. The van der Waals surface area contributed by atoms with Crippen molar-refractivity contribution in [1.29, 1.82) is 5.26 Å². The van der Waals surface area contributed by atoms with Crippen LogP contribution >= 0.6 is 0 Å². The number of hydrogen-bond donors (Lipinski definition) is 2. The Balaban J connectivity index is 2.24. The van der Waals surface area contributed by atoms with Crippen LogP contribution in [0, 0.1) is 11.3 Å². The molecule has 0 saturated heterocycles. The molecule has 0 bridgehead atoms. The number of rotatable bonds is 1. The summed E-state index contributed by atoms with van der Waals surface area (Å²) in [6.07, 6.45) is 1.08. The molecule has 8 heteroatoms. The van der Waals surface area contributed by atoms with Crippen molar-refractivity contribution in [1.82, 2.24) is 14.9 Å². The van der Waals surface area contributed by atoms with Crippen molar-refractivity contribution in [2.45, 2.75) is 0 Å². The largest absolute Gasteiger partial charge is 0.332 e. The third-order valence-corrected chi connectivity index (χ3v) is 3.06. The molecule has 0 atom stereocenters. The summed E-state index contributed by atoms with van der Waals surface area (Å²) >= 11 is 0. The van der Waals surface area contributed by atoms with E-state index >= 15 is 0 Å². The summed E-state index contributed by atoms with van der Waals surface area (Å²) in [5.41, 5.74) is -1.17. The second-order valence-electron chi connectivity index (χ2n) is 4.30. The van der Waals surface area contributed by atoms with E-state index < -0.39 is 23.1 Å². The molecule has 2 heterocycles. The molecule has 0 saturated carbocycles. The fourth-order valence-corrected chi connectivity index (χ4v) is 2.05. The molecule has 21 heavy (non-hydrogen) atoms. The molecule has 8 nitrogen and oxygen atoms in total. The Bertz CT molecular complexity index is 961. The number of nitrogens with one attached hydrogen (secondary N) is 2. The minimum Gasteiger partial charge on any atom is -0.288 e. The van der Waals surface area contributed by atoms with Crippen LogP contribution in [-0.4, -0.2) is 21.4 Å². The van der Waals surface area contributed by atoms with Crippen molar-refractivity contribution in [3.8, 4) is 11.8 Å². The number of H-pyrrole nitrogens is 1. The highest BCUT2D eigenvalue weighted by Gasteiger charge is 2.27. The van der Waals surface area contributed by atoms with E-state index in [2.05, 4.69) is 5.32 Å². The highest BCUT2D eigenvalue weighted by Crippen LogP contribution is 2.18. The van der Waals surface area contributed by atoms with Gasteiger partial charge in [-0.15, -0.1) is 0 Å². The zero-order valence-electron chi connectivity index (χ0n) is 10.3. The molecule has 0 fully saturated rings. The van der Waals surface area contributed by atoms with Gasteiger partial charge in [0.1, 0.15) is 11.6 Å². The molecule has 3 rings (SSSR count). The maximum absolute atomic E-state index is 11.8. The number of aromatic amines is 1. The molecule has 2 N–H and O–H groups in total. The molecular formula is C13H6N4O4. The van der Waals surface area contributed by atoms with E-state index in [-0.39, 0.29) is 22.4 Å². The van der Waals surface area contributed by atoms with Gasteiger partial charge in [0.25, 0.3) is 17.4 Å². The maximum atomic E-state index is 11.8. The minimum absolute atomic E-state index is 0.133. The molecule has 0 unspecified atom stereocenters. The summed E-state index contributed by atoms with van der Waals surface area (Å²) in [5.74, 6) is -1.07. The van der Waals surface area contributed by atoms with Gasteiger partial charge in [-0.1, -0.05) is 0 Å². The summed E-state index contributed by atoms with van der Waals surface area (Å²) in [4.78, 5) is 48.2. The third kappa shape index (κ3) is 1.84. The molecular weight excluding hydrogens is 276 g/mol. The number of nitrogens with zero attached hydrogens (tertiary/aromatic N) is 2. The van der Waals surface area contributed by atoms with Gasteiger partial charge in [0.2, 0.25) is 0 Å². The van der Waals surface area contributed by atoms with Crippen LogP contribution in [0.1, 0.15) is 26.3 Å². The number of benzene rings is 1. The monoisotopic (exact) mass is 282 g/mol. The zero-order valence-corrected chi connectivity index (χ0v) is 10.3. The van der Waals surface area contributed by atoms with Crippen LogP contribution in [0.3, 0.4) is 0 Å². The highest BCUT2D eigenvalue weighted by molar-refractivity contribution is 6.21. The molecule has 2 amide bonds. The van der Waals surface area contributed by atoms with Crippen LogP contribution in [0.2, 0.25) is 0 Å². The summed E-state index contributed by atoms with van der Waals surface area (Å²) in [6, 6.07) is 5.85. The second-order valence-corrected chi connectivity index (χ2v) is 4.30. The standard InChI is InChI=1S/C13H6N4O4/c14-4-6-5-17(13(21)16-10(6)18)7-1-2-8-9(3-7)12(20)15-11(8)19/h1-3,5H,(H,15,19,20)(H,16,18,21). The third-order valence-electron chi connectivity index (χ3n) is 3.06. The first kappa shape index (κ1) is 12.6. The van der Waals surface area contributed by atoms with E-state index in [1.54, 1.807) is 6.07 Å². The highest BCUT2D eigenvalue weighted by atomic mass is 16.2. The van der Waals surface area contributed by atoms with Crippen molar-refractivity contribution in [2.24, 2.45) is 0 Å². The lowest BCUT2D eigenvalue weighted by molar-refractivity contribution is 0.0879. The van der Waals surface area contributed by atoms with Crippen molar-refractivity contribution < 1.29 is 9.59 Å². The fourth-order valence-electron chi connectivity index (χ4n) is 2.05. The van der Waals surface area contributed by atoms with Gasteiger partial charge in [-0.2, -0.15) is 5.26 Å². The van der Waals surface area contributed by atoms with Crippen molar-refractivity contribution >= 4 is 11.8 Å². The van der Waals surface area contributed by atoms with Crippen LogP contribution in [0.15, 0.2) is 34.0 Å². The number of aromatic nitrogens is 2. The van der Waals surface area contributed by atoms with E-state index in [0.717, 1.165) is 10.8 Å². The van der Waals surface area contributed by atoms with Crippen LogP contribution in [0.25, 0.3) is 5.69 Å². The first-order valence-corrected chi connectivity index (χ1v) is 5.77. The van der Waals surface area contributed by atoms with E-state index in [1.807, 2.05) is 4.98 Å². The fraction of sp³-hybridized carbons (Fsp3) is 0. The Morgan fingerprint density at radius 3 is 2.48 bits per heavy atom. The Hall–Kier alpha value is -3.47. The Labute approximate surface area is 116 Å². The zero-order chi connectivity index (χ0) is 15.1. The van der Waals surface area contributed by atoms with Crippen molar-refractivity contribution in [3.63, 3.8) is 0 Å². The average Bonchev–Trinajstić information content (AvgIpc) is 2.74. The maximum Gasteiger partial charge on any atom is 0.332 e. The van der Waals surface area contributed by atoms with Gasteiger partial charge >= 0.3 is 5.69 Å². The molecule has 0 spiro atoms.